The van der Waals surface area contributed by atoms with Gasteiger partial charge in [-0.1, -0.05) is 29.8 Å². The molecule has 2 N–H and O–H groups in total. The van der Waals surface area contributed by atoms with Gasteiger partial charge in [0.15, 0.2) is 0 Å². The van der Waals surface area contributed by atoms with Crippen LogP contribution in [0.25, 0.3) is 22.0 Å². The molecule has 2 heterocycles. The van der Waals surface area contributed by atoms with Crippen molar-refractivity contribution in [1.29, 1.82) is 0 Å². The van der Waals surface area contributed by atoms with E-state index in [4.69, 9.17) is 16.7 Å². The molecule has 0 saturated carbocycles. The van der Waals surface area contributed by atoms with Gasteiger partial charge in [0.05, 0.1) is 5.39 Å². The Morgan fingerprint density at radius 2 is 2.14 bits per heavy atom. The predicted molar refractivity (Wildman–Crippen MR) is 106 cm³/mol. The van der Waals surface area contributed by atoms with E-state index in [0.717, 1.165) is 24.0 Å². The Balaban J connectivity index is 1.85. The zero-order chi connectivity index (χ0) is 19.7. The molecule has 8 heteroatoms. The van der Waals surface area contributed by atoms with Gasteiger partial charge in [-0.3, -0.25) is 0 Å². The van der Waals surface area contributed by atoms with E-state index in [9.17, 15) is 9.18 Å². The molecule has 1 aromatic heterocycles. The molecule has 0 bridgehead atoms. The van der Waals surface area contributed by atoms with Crippen LogP contribution in [0.1, 0.15) is 12.8 Å². The first kappa shape index (κ1) is 18.4. The maximum Gasteiger partial charge on any atom is 0.404 e. The number of amides is 1. The number of hydrogen-bond acceptors (Lipinski definition) is 4. The fraction of sp³-hybridized carbons (Fsp3) is 0.250. The summed E-state index contributed by atoms with van der Waals surface area (Å²) < 4.78 is 14.5. The standard InChI is InChI=1S/C20H18ClFN4O2/c21-13-4-1-3-12(9-13)15-6-7-16(22)18-17(15)19(24-11-23-18)26-8-2-5-14(10-26)25-20(27)28/h1,3-4,6-7,9,11,14,25H,2,5,8,10H2,(H,27,28). The summed E-state index contributed by atoms with van der Waals surface area (Å²) in [5.41, 5.74) is 1.85. The number of hydrogen-bond donors (Lipinski definition) is 2. The van der Waals surface area contributed by atoms with Crippen molar-refractivity contribution in [3.05, 3.63) is 53.6 Å². The van der Waals surface area contributed by atoms with E-state index >= 15 is 0 Å². The average Bonchev–Trinajstić information content (AvgIpc) is 2.68. The zero-order valence-electron chi connectivity index (χ0n) is 14.9. The summed E-state index contributed by atoms with van der Waals surface area (Å²) in [4.78, 5) is 21.6. The minimum atomic E-state index is -1.05. The molecule has 0 aliphatic carbocycles. The van der Waals surface area contributed by atoms with Crippen molar-refractivity contribution in [3.63, 3.8) is 0 Å². The number of nitrogens with one attached hydrogen (secondary N) is 1. The minimum Gasteiger partial charge on any atom is -0.465 e. The predicted octanol–water partition coefficient (Wildman–Crippen LogP) is 4.33. The van der Waals surface area contributed by atoms with Gasteiger partial charge < -0.3 is 15.3 Å². The lowest BCUT2D eigenvalue weighted by molar-refractivity contribution is 0.188. The van der Waals surface area contributed by atoms with Crippen LogP contribution in [0.4, 0.5) is 15.0 Å². The summed E-state index contributed by atoms with van der Waals surface area (Å²) >= 11 is 6.15. The molecule has 1 fully saturated rings. The van der Waals surface area contributed by atoms with Crippen LogP contribution in [0.2, 0.25) is 5.02 Å². The molecule has 1 unspecified atom stereocenters. The Hall–Kier alpha value is -2.93. The third kappa shape index (κ3) is 3.57. The lowest BCUT2D eigenvalue weighted by Crippen LogP contribution is -2.47. The number of halogens is 2. The normalized spacial score (nSPS) is 16.9. The molecule has 1 amide bonds. The van der Waals surface area contributed by atoms with Gasteiger partial charge in [-0.2, -0.15) is 0 Å². The molecule has 4 rings (SSSR count). The highest BCUT2D eigenvalue weighted by Crippen LogP contribution is 2.36. The Kier molecular flexibility index (Phi) is 5.00. The molecule has 0 radical (unpaired) electrons. The Bertz CT molecular complexity index is 1050. The number of fused-ring (bicyclic) bond motifs is 1. The second-order valence-corrected chi connectivity index (χ2v) is 7.20. The number of benzene rings is 2. The maximum atomic E-state index is 14.5. The van der Waals surface area contributed by atoms with Gasteiger partial charge in [0.25, 0.3) is 0 Å². The molecular weight excluding hydrogens is 383 g/mol. The third-order valence-electron chi connectivity index (χ3n) is 4.90. The van der Waals surface area contributed by atoms with Crippen molar-refractivity contribution in [1.82, 2.24) is 15.3 Å². The third-order valence-corrected chi connectivity index (χ3v) is 5.14. The minimum absolute atomic E-state index is 0.209. The number of carbonyl (C=O) groups is 1. The highest BCUT2D eigenvalue weighted by Gasteiger charge is 2.25. The van der Waals surface area contributed by atoms with Crippen LogP contribution >= 0.6 is 11.6 Å². The SMILES string of the molecule is O=C(O)NC1CCCN(c2ncnc3c(F)ccc(-c4cccc(Cl)c4)c23)C1. The number of piperidine rings is 1. The van der Waals surface area contributed by atoms with Gasteiger partial charge in [-0.15, -0.1) is 0 Å². The summed E-state index contributed by atoms with van der Waals surface area (Å²) in [6.07, 6.45) is 1.85. The lowest BCUT2D eigenvalue weighted by Gasteiger charge is -2.34. The average molecular weight is 401 g/mol. The number of carboxylic acid groups (broad SMARTS) is 1. The highest BCUT2D eigenvalue weighted by atomic mass is 35.5. The first-order valence-corrected chi connectivity index (χ1v) is 9.34. The van der Waals surface area contributed by atoms with Crippen LogP contribution in [-0.4, -0.2) is 40.3 Å². The summed E-state index contributed by atoms with van der Waals surface area (Å²) in [7, 11) is 0. The molecule has 1 aliphatic rings. The summed E-state index contributed by atoms with van der Waals surface area (Å²) in [5, 5.41) is 12.7. The van der Waals surface area contributed by atoms with E-state index in [0.29, 0.717) is 29.3 Å². The molecule has 2 aromatic carbocycles. The summed E-state index contributed by atoms with van der Waals surface area (Å²) in [6, 6.07) is 10.2. The van der Waals surface area contributed by atoms with Gasteiger partial charge in [-0.25, -0.2) is 19.2 Å². The molecule has 6 nitrogen and oxygen atoms in total. The number of rotatable bonds is 3. The summed E-state index contributed by atoms with van der Waals surface area (Å²) in [6.45, 7) is 1.17. The molecule has 3 aromatic rings. The molecule has 1 atom stereocenters. The van der Waals surface area contributed by atoms with E-state index in [2.05, 4.69) is 15.3 Å². The van der Waals surface area contributed by atoms with Crippen LogP contribution in [-0.2, 0) is 0 Å². The topological polar surface area (TPSA) is 78.4 Å². The fourth-order valence-corrected chi connectivity index (χ4v) is 3.91. The number of aromatic nitrogens is 2. The number of anilines is 1. The monoisotopic (exact) mass is 400 g/mol. The zero-order valence-corrected chi connectivity index (χ0v) is 15.7. The van der Waals surface area contributed by atoms with Crippen LogP contribution < -0.4 is 10.2 Å². The lowest BCUT2D eigenvalue weighted by atomic mass is 9.99. The van der Waals surface area contributed by atoms with Gasteiger partial charge >= 0.3 is 6.09 Å². The molecule has 1 saturated heterocycles. The van der Waals surface area contributed by atoms with Crippen molar-refractivity contribution in [2.45, 2.75) is 18.9 Å². The molecule has 144 valence electrons. The van der Waals surface area contributed by atoms with Crippen molar-refractivity contribution in [2.24, 2.45) is 0 Å². The fourth-order valence-electron chi connectivity index (χ4n) is 3.72. The van der Waals surface area contributed by atoms with E-state index in [-0.39, 0.29) is 11.6 Å². The summed E-state index contributed by atoms with van der Waals surface area (Å²) in [5.74, 6) is 0.165. The van der Waals surface area contributed by atoms with E-state index < -0.39 is 11.9 Å². The van der Waals surface area contributed by atoms with E-state index in [1.54, 1.807) is 12.1 Å². The quantitative estimate of drug-likeness (QED) is 0.684. The largest absolute Gasteiger partial charge is 0.465 e. The van der Waals surface area contributed by atoms with Crippen molar-refractivity contribution < 1.29 is 14.3 Å². The van der Waals surface area contributed by atoms with Crippen LogP contribution in [0.5, 0.6) is 0 Å². The van der Waals surface area contributed by atoms with E-state index in [1.807, 2.05) is 23.1 Å². The molecule has 1 aliphatic heterocycles. The van der Waals surface area contributed by atoms with Gasteiger partial charge in [0, 0.05) is 24.2 Å². The first-order valence-electron chi connectivity index (χ1n) is 8.96. The first-order chi connectivity index (χ1) is 13.5. The smallest absolute Gasteiger partial charge is 0.404 e. The molecule has 28 heavy (non-hydrogen) atoms. The number of nitrogens with zero attached hydrogens (tertiary/aromatic N) is 3. The van der Waals surface area contributed by atoms with Gasteiger partial charge in [-0.05, 0) is 42.2 Å². The van der Waals surface area contributed by atoms with Crippen molar-refractivity contribution in [2.75, 3.05) is 18.0 Å². The van der Waals surface area contributed by atoms with Gasteiger partial charge in [0.2, 0.25) is 0 Å². The van der Waals surface area contributed by atoms with Crippen LogP contribution in [0.15, 0.2) is 42.7 Å². The Morgan fingerprint density at radius 3 is 2.93 bits per heavy atom. The van der Waals surface area contributed by atoms with Crippen LogP contribution in [0, 0.1) is 5.82 Å². The van der Waals surface area contributed by atoms with Crippen LogP contribution in [0.3, 0.4) is 0 Å². The highest BCUT2D eigenvalue weighted by molar-refractivity contribution is 6.31. The Labute approximate surface area is 166 Å². The molecular formula is C20H18ClFN4O2. The van der Waals surface area contributed by atoms with Crippen molar-refractivity contribution >= 4 is 34.4 Å². The second-order valence-electron chi connectivity index (χ2n) is 6.76. The van der Waals surface area contributed by atoms with Crippen molar-refractivity contribution in [3.8, 4) is 11.1 Å². The second kappa shape index (κ2) is 7.59. The van der Waals surface area contributed by atoms with Gasteiger partial charge in [0.1, 0.15) is 23.5 Å². The maximum absolute atomic E-state index is 14.5. The Morgan fingerprint density at radius 1 is 1.29 bits per heavy atom. The van der Waals surface area contributed by atoms with E-state index in [1.165, 1.54) is 12.4 Å². The molecule has 0 spiro atoms.